The van der Waals surface area contributed by atoms with Crippen LogP contribution in [0.4, 0.5) is 0 Å². The van der Waals surface area contributed by atoms with Crippen LogP contribution in [0, 0.1) is 0 Å². The Hall–Kier alpha value is -2.66. The van der Waals surface area contributed by atoms with Crippen LogP contribution in [0.1, 0.15) is 68.6 Å². The number of rotatable bonds is 10. The molecule has 0 spiro atoms. The molecule has 178 valence electrons. The quantitative estimate of drug-likeness (QED) is 0.371. The second kappa shape index (κ2) is 12.5. The molecule has 0 atom stereocenters. The van der Waals surface area contributed by atoms with Crippen LogP contribution in [-0.2, 0) is 27.4 Å². The summed E-state index contributed by atoms with van der Waals surface area (Å²) in [6.45, 7) is 6.11. The van der Waals surface area contributed by atoms with Crippen molar-refractivity contribution in [3.8, 4) is 0 Å². The molecule has 0 saturated heterocycles. The van der Waals surface area contributed by atoms with Crippen LogP contribution in [0.5, 0.6) is 0 Å². The largest absolute Gasteiger partial charge is 0.466 e. The van der Waals surface area contributed by atoms with Crippen LogP contribution in [-0.4, -0.2) is 47.9 Å². The fourth-order valence-electron chi connectivity index (χ4n) is 4.83. The number of benzene rings is 2. The molecular formula is C28H38N2O3. The average molecular weight is 451 g/mol. The zero-order chi connectivity index (χ0) is 23.6. The zero-order valence-corrected chi connectivity index (χ0v) is 20.3. The Morgan fingerprint density at radius 3 is 2.12 bits per heavy atom. The molecule has 1 aliphatic carbocycles. The Morgan fingerprint density at radius 1 is 0.879 bits per heavy atom. The van der Waals surface area contributed by atoms with E-state index in [0.29, 0.717) is 25.1 Å². The number of carbonyl (C=O) groups excluding carboxylic acids is 2. The van der Waals surface area contributed by atoms with Crippen LogP contribution in [0.15, 0.2) is 54.6 Å². The fraction of sp³-hybridized carbons (Fsp3) is 0.500. The van der Waals surface area contributed by atoms with Crippen molar-refractivity contribution in [1.82, 2.24) is 9.80 Å². The fourth-order valence-corrected chi connectivity index (χ4v) is 4.83. The summed E-state index contributed by atoms with van der Waals surface area (Å²) < 4.78 is 5.00. The van der Waals surface area contributed by atoms with Gasteiger partial charge in [-0.15, -0.1) is 0 Å². The molecular weight excluding hydrogens is 412 g/mol. The number of esters is 1. The molecule has 1 fully saturated rings. The molecule has 2 aromatic rings. The summed E-state index contributed by atoms with van der Waals surface area (Å²) in [6, 6.07) is 19.6. The van der Waals surface area contributed by atoms with Gasteiger partial charge in [0.15, 0.2) is 0 Å². The molecule has 0 N–H and O–H groups in total. The predicted octanol–water partition coefficient (Wildman–Crippen LogP) is 5.15. The number of hydrogen-bond acceptors (Lipinski definition) is 4. The maximum Gasteiger partial charge on any atom is 0.302 e. The average Bonchev–Trinajstić information content (AvgIpc) is 2.81. The van der Waals surface area contributed by atoms with Crippen LogP contribution < -0.4 is 0 Å². The first kappa shape index (κ1) is 25.0. The van der Waals surface area contributed by atoms with Crippen molar-refractivity contribution in [3.05, 3.63) is 71.3 Å². The van der Waals surface area contributed by atoms with Crippen LogP contribution in [0.2, 0.25) is 0 Å². The first-order valence-corrected chi connectivity index (χ1v) is 12.1. The standard InChI is InChI=1S/C28H38N2O3/c1-22(31)30(21-24-8-5-4-6-9-24)28-16-14-27(15-17-28)26-12-10-25(11-13-26)20-29(3)18-7-19-33-23(2)32/h4-6,8-13,27-28H,7,14-21H2,1-3H3. The first-order valence-electron chi connectivity index (χ1n) is 12.1. The molecule has 3 rings (SSSR count). The van der Waals surface area contributed by atoms with Crippen LogP contribution in [0.25, 0.3) is 0 Å². The third kappa shape index (κ3) is 8.01. The van der Waals surface area contributed by atoms with Gasteiger partial charge in [0.25, 0.3) is 0 Å². The van der Waals surface area contributed by atoms with Gasteiger partial charge in [0, 0.05) is 39.5 Å². The molecule has 5 nitrogen and oxygen atoms in total. The van der Waals surface area contributed by atoms with E-state index in [1.165, 1.54) is 23.6 Å². The minimum Gasteiger partial charge on any atom is -0.466 e. The SMILES string of the molecule is CC(=O)OCCCN(C)Cc1ccc(C2CCC(N(Cc3ccccc3)C(C)=O)CC2)cc1. The van der Waals surface area contributed by atoms with Gasteiger partial charge in [-0.3, -0.25) is 9.59 Å². The van der Waals surface area contributed by atoms with Gasteiger partial charge in [0.1, 0.15) is 0 Å². The van der Waals surface area contributed by atoms with E-state index in [4.69, 9.17) is 4.74 Å². The Kier molecular flexibility index (Phi) is 9.49. The van der Waals surface area contributed by atoms with Crippen molar-refractivity contribution in [2.45, 2.75) is 71.0 Å². The lowest BCUT2D eigenvalue weighted by Gasteiger charge is -2.37. The molecule has 1 amide bonds. The van der Waals surface area contributed by atoms with Gasteiger partial charge in [-0.25, -0.2) is 0 Å². The summed E-state index contributed by atoms with van der Waals surface area (Å²) >= 11 is 0. The summed E-state index contributed by atoms with van der Waals surface area (Å²) in [5.41, 5.74) is 3.90. The Morgan fingerprint density at radius 2 is 1.52 bits per heavy atom. The van der Waals surface area contributed by atoms with E-state index >= 15 is 0 Å². The van der Waals surface area contributed by atoms with Crippen LogP contribution in [0.3, 0.4) is 0 Å². The highest BCUT2D eigenvalue weighted by Crippen LogP contribution is 2.35. The lowest BCUT2D eigenvalue weighted by molar-refractivity contribution is -0.141. The van der Waals surface area contributed by atoms with Crippen LogP contribution >= 0.6 is 0 Å². The molecule has 0 radical (unpaired) electrons. The third-order valence-electron chi connectivity index (χ3n) is 6.63. The van der Waals surface area contributed by atoms with Gasteiger partial charge < -0.3 is 14.5 Å². The number of ether oxygens (including phenoxy) is 1. The van der Waals surface area contributed by atoms with Gasteiger partial charge in [0.2, 0.25) is 5.91 Å². The Bertz CT molecular complexity index is 874. The number of carbonyl (C=O) groups is 2. The number of amides is 1. The van der Waals surface area contributed by atoms with E-state index in [0.717, 1.165) is 45.2 Å². The van der Waals surface area contributed by atoms with Crippen molar-refractivity contribution in [2.75, 3.05) is 20.2 Å². The maximum atomic E-state index is 12.3. The monoisotopic (exact) mass is 450 g/mol. The van der Waals surface area contributed by atoms with Gasteiger partial charge >= 0.3 is 5.97 Å². The maximum absolute atomic E-state index is 12.3. The molecule has 0 bridgehead atoms. The van der Waals surface area contributed by atoms with E-state index < -0.39 is 0 Å². The first-order chi connectivity index (χ1) is 15.9. The van der Waals surface area contributed by atoms with E-state index in [1.54, 1.807) is 6.92 Å². The van der Waals surface area contributed by atoms with Gasteiger partial charge in [0.05, 0.1) is 6.61 Å². The summed E-state index contributed by atoms with van der Waals surface area (Å²) in [5.74, 6) is 0.526. The molecule has 2 aromatic carbocycles. The summed E-state index contributed by atoms with van der Waals surface area (Å²) in [5, 5.41) is 0. The summed E-state index contributed by atoms with van der Waals surface area (Å²) in [6.07, 6.45) is 5.21. The third-order valence-corrected chi connectivity index (χ3v) is 6.63. The molecule has 0 unspecified atom stereocenters. The van der Waals surface area contributed by atoms with Crippen molar-refractivity contribution in [3.63, 3.8) is 0 Å². The van der Waals surface area contributed by atoms with Crippen molar-refractivity contribution in [2.24, 2.45) is 0 Å². The van der Waals surface area contributed by atoms with E-state index in [2.05, 4.69) is 53.2 Å². The lowest BCUT2D eigenvalue weighted by Crippen LogP contribution is -2.40. The smallest absolute Gasteiger partial charge is 0.302 e. The lowest BCUT2D eigenvalue weighted by atomic mass is 9.81. The second-order valence-electron chi connectivity index (χ2n) is 9.31. The highest BCUT2D eigenvalue weighted by atomic mass is 16.5. The predicted molar refractivity (Wildman–Crippen MR) is 132 cm³/mol. The summed E-state index contributed by atoms with van der Waals surface area (Å²) in [4.78, 5) is 27.5. The summed E-state index contributed by atoms with van der Waals surface area (Å²) in [7, 11) is 2.10. The van der Waals surface area contributed by atoms with Crippen molar-refractivity contribution < 1.29 is 14.3 Å². The Labute approximate surface area is 198 Å². The van der Waals surface area contributed by atoms with Gasteiger partial charge in [-0.05, 0) is 61.8 Å². The molecule has 5 heteroatoms. The number of hydrogen-bond donors (Lipinski definition) is 0. The normalized spacial score (nSPS) is 18.2. The van der Waals surface area contributed by atoms with E-state index in [-0.39, 0.29) is 11.9 Å². The minimum absolute atomic E-state index is 0.170. The van der Waals surface area contributed by atoms with E-state index in [1.807, 2.05) is 18.2 Å². The van der Waals surface area contributed by atoms with Crippen molar-refractivity contribution in [1.29, 1.82) is 0 Å². The van der Waals surface area contributed by atoms with Gasteiger partial charge in [-0.1, -0.05) is 54.6 Å². The Balaban J connectivity index is 1.47. The zero-order valence-electron chi connectivity index (χ0n) is 20.3. The number of nitrogens with zero attached hydrogens (tertiary/aromatic N) is 2. The highest BCUT2D eigenvalue weighted by molar-refractivity contribution is 5.73. The molecule has 0 aromatic heterocycles. The molecule has 1 saturated carbocycles. The molecule has 33 heavy (non-hydrogen) atoms. The topological polar surface area (TPSA) is 49.9 Å². The second-order valence-corrected chi connectivity index (χ2v) is 9.31. The van der Waals surface area contributed by atoms with Gasteiger partial charge in [-0.2, -0.15) is 0 Å². The van der Waals surface area contributed by atoms with Crippen molar-refractivity contribution >= 4 is 11.9 Å². The minimum atomic E-state index is -0.215. The molecule has 0 aliphatic heterocycles. The molecule has 1 aliphatic rings. The van der Waals surface area contributed by atoms with E-state index in [9.17, 15) is 9.59 Å². The highest BCUT2D eigenvalue weighted by Gasteiger charge is 2.28. The molecule has 0 heterocycles.